The molecule has 0 amide bonds. The normalized spacial score (nSPS) is 10.3. The van der Waals surface area contributed by atoms with E-state index in [0.717, 1.165) is 21.3 Å². The van der Waals surface area contributed by atoms with Crippen LogP contribution < -0.4 is 19.9 Å². The highest BCUT2D eigenvalue weighted by molar-refractivity contribution is 9.10. The Morgan fingerprint density at radius 1 is 1.05 bits per heavy atom. The van der Waals surface area contributed by atoms with Crippen LogP contribution in [0.3, 0.4) is 0 Å². The molecule has 0 aliphatic carbocycles. The molecule has 2 rings (SSSR count). The highest BCUT2D eigenvalue weighted by Gasteiger charge is 2.12. The van der Waals surface area contributed by atoms with Gasteiger partial charge in [0.1, 0.15) is 12.4 Å². The Morgan fingerprint density at radius 2 is 1.76 bits per heavy atom. The monoisotopic (exact) mass is 351 g/mol. The van der Waals surface area contributed by atoms with Gasteiger partial charge in [0, 0.05) is 12.1 Å². The molecule has 2 N–H and O–H groups in total. The maximum absolute atomic E-state index is 5.89. The van der Waals surface area contributed by atoms with Gasteiger partial charge in [0.25, 0.3) is 0 Å². The number of ether oxygens (including phenoxy) is 3. The SMILES string of the molecule is COc1ccccc1COc1c(Br)cc(CN)cc1OC. The van der Waals surface area contributed by atoms with Gasteiger partial charge in [-0.2, -0.15) is 0 Å². The summed E-state index contributed by atoms with van der Waals surface area (Å²) in [5.41, 5.74) is 7.61. The van der Waals surface area contributed by atoms with Crippen LogP contribution in [0.25, 0.3) is 0 Å². The number of para-hydroxylation sites is 1. The highest BCUT2D eigenvalue weighted by atomic mass is 79.9. The van der Waals surface area contributed by atoms with Crippen molar-refractivity contribution < 1.29 is 14.2 Å². The lowest BCUT2D eigenvalue weighted by molar-refractivity contribution is 0.276. The zero-order valence-corrected chi connectivity index (χ0v) is 13.6. The van der Waals surface area contributed by atoms with Crippen LogP contribution in [0, 0.1) is 0 Å². The molecule has 0 aromatic heterocycles. The second-order valence-electron chi connectivity index (χ2n) is 4.41. The van der Waals surface area contributed by atoms with Crippen molar-refractivity contribution in [2.45, 2.75) is 13.2 Å². The lowest BCUT2D eigenvalue weighted by atomic mass is 10.2. The second kappa shape index (κ2) is 7.33. The van der Waals surface area contributed by atoms with E-state index in [9.17, 15) is 0 Å². The summed E-state index contributed by atoms with van der Waals surface area (Å²) in [5, 5.41) is 0. The number of rotatable bonds is 6. The molecule has 5 heteroatoms. The Kier molecular flexibility index (Phi) is 5.47. The van der Waals surface area contributed by atoms with E-state index in [1.54, 1.807) is 14.2 Å². The number of hydrogen-bond donors (Lipinski definition) is 1. The van der Waals surface area contributed by atoms with Crippen molar-refractivity contribution in [3.63, 3.8) is 0 Å². The molecule has 2 aromatic rings. The molecule has 0 aliphatic rings. The Hall–Kier alpha value is -1.72. The summed E-state index contributed by atoms with van der Waals surface area (Å²) in [6, 6.07) is 11.6. The Morgan fingerprint density at radius 3 is 2.43 bits per heavy atom. The molecule has 0 unspecified atom stereocenters. The van der Waals surface area contributed by atoms with Crippen LogP contribution in [-0.2, 0) is 13.2 Å². The van der Waals surface area contributed by atoms with Crippen molar-refractivity contribution in [2.24, 2.45) is 5.73 Å². The first-order valence-corrected chi connectivity index (χ1v) is 7.30. The molecule has 0 saturated carbocycles. The third kappa shape index (κ3) is 3.68. The third-order valence-corrected chi connectivity index (χ3v) is 3.68. The van der Waals surface area contributed by atoms with E-state index in [-0.39, 0.29) is 0 Å². The van der Waals surface area contributed by atoms with Gasteiger partial charge in [0.05, 0.1) is 18.7 Å². The average molecular weight is 352 g/mol. The number of hydrogen-bond acceptors (Lipinski definition) is 4. The van der Waals surface area contributed by atoms with Crippen LogP contribution in [0.1, 0.15) is 11.1 Å². The first-order valence-electron chi connectivity index (χ1n) is 6.50. The molecule has 0 atom stereocenters. The second-order valence-corrected chi connectivity index (χ2v) is 5.27. The highest BCUT2D eigenvalue weighted by Crippen LogP contribution is 2.37. The first-order chi connectivity index (χ1) is 10.2. The van der Waals surface area contributed by atoms with Gasteiger partial charge < -0.3 is 19.9 Å². The minimum Gasteiger partial charge on any atom is -0.496 e. The number of methoxy groups -OCH3 is 2. The minimum atomic E-state index is 0.390. The molecule has 0 radical (unpaired) electrons. The quantitative estimate of drug-likeness (QED) is 0.865. The van der Waals surface area contributed by atoms with E-state index in [1.165, 1.54) is 0 Å². The van der Waals surface area contributed by atoms with E-state index >= 15 is 0 Å². The summed E-state index contributed by atoms with van der Waals surface area (Å²) < 4.78 is 17.4. The predicted octanol–water partition coefficient (Wildman–Crippen LogP) is 3.50. The third-order valence-electron chi connectivity index (χ3n) is 3.09. The lowest BCUT2D eigenvalue weighted by Crippen LogP contribution is -2.02. The molecule has 4 nitrogen and oxygen atoms in total. The van der Waals surface area contributed by atoms with Crippen LogP contribution in [0.4, 0.5) is 0 Å². The van der Waals surface area contributed by atoms with Crippen molar-refractivity contribution in [1.82, 2.24) is 0 Å². The molecular formula is C16H18BrNO3. The van der Waals surface area contributed by atoms with Crippen molar-refractivity contribution >= 4 is 15.9 Å². The van der Waals surface area contributed by atoms with Gasteiger partial charge in [0.15, 0.2) is 11.5 Å². The lowest BCUT2D eigenvalue weighted by Gasteiger charge is -2.15. The maximum Gasteiger partial charge on any atom is 0.175 e. The van der Waals surface area contributed by atoms with Crippen LogP contribution >= 0.6 is 15.9 Å². The maximum atomic E-state index is 5.89. The fourth-order valence-corrected chi connectivity index (χ4v) is 2.61. The van der Waals surface area contributed by atoms with Gasteiger partial charge in [-0.25, -0.2) is 0 Å². The molecule has 0 fully saturated rings. The van der Waals surface area contributed by atoms with Crippen molar-refractivity contribution in [1.29, 1.82) is 0 Å². The van der Waals surface area contributed by atoms with Crippen LogP contribution in [-0.4, -0.2) is 14.2 Å². The van der Waals surface area contributed by atoms with Crippen molar-refractivity contribution in [3.05, 3.63) is 52.0 Å². The Labute approximate surface area is 132 Å². The zero-order valence-electron chi connectivity index (χ0n) is 12.1. The van der Waals surface area contributed by atoms with Gasteiger partial charge in [0.2, 0.25) is 0 Å². The average Bonchev–Trinajstić information content (AvgIpc) is 2.53. The minimum absolute atomic E-state index is 0.390. The number of benzene rings is 2. The van der Waals surface area contributed by atoms with E-state index in [0.29, 0.717) is 24.7 Å². The van der Waals surface area contributed by atoms with Crippen LogP contribution in [0.15, 0.2) is 40.9 Å². The molecule has 0 saturated heterocycles. The molecule has 0 spiro atoms. The van der Waals surface area contributed by atoms with Crippen molar-refractivity contribution in [3.8, 4) is 17.2 Å². The topological polar surface area (TPSA) is 53.7 Å². The fraction of sp³-hybridized carbons (Fsp3) is 0.250. The summed E-state index contributed by atoms with van der Waals surface area (Å²) in [5.74, 6) is 2.10. The summed E-state index contributed by atoms with van der Waals surface area (Å²) in [7, 11) is 3.25. The Bertz CT molecular complexity index is 616. The van der Waals surface area contributed by atoms with Gasteiger partial charge in [-0.15, -0.1) is 0 Å². The van der Waals surface area contributed by atoms with Crippen LogP contribution in [0.5, 0.6) is 17.2 Å². The molecular weight excluding hydrogens is 334 g/mol. The van der Waals surface area contributed by atoms with Gasteiger partial charge in [-0.05, 0) is 39.7 Å². The molecule has 0 bridgehead atoms. The largest absolute Gasteiger partial charge is 0.496 e. The van der Waals surface area contributed by atoms with Crippen molar-refractivity contribution in [2.75, 3.05) is 14.2 Å². The van der Waals surface area contributed by atoms with Gasteiger partial charge in [-0.3, -0.25) is 0 Å². The van der Waals surface area contributed by atoms with Crippen LogP contribution in [0.2, 0.25) is 0 Å². The first kappa shape index (κ1) is 15.7. The van der Waals surface area contributed by atoms with E-state index in [4.69, 9.17) is 19.9 Å². The Balaban J connectivity index is 2.23. The van der Waals surface area contributed by atoms with Gasteiger partial charge in [-0.1, -0.05) is 18.2 Å². The standard InChI is InChI=1S/C16H18BrNO3/c1-19-14-6-4-3-5-12(14)10-21-16-13(17)7-11(9-18)8-15(16)20-2/h3-8H,9-10,18H2,1-2H3. The van der Waals surface area contributed by atoms with Gasteiger partial charge >= 0.3 is 0 Å². The summed E-state index contributed by atoms with van der Waals surface area (Å²) in [6.45, 7) is 0.836. The molecule has 0 heterocycles. The summed E-state index contributed by atoms with van der Waals surface area (Å²) in [6.07, 6.45) is 0. The smallest absolute Gasteiger partial charge is 0.175 e. The zero-order chi connectivity index (χ0) is 15.2. The van der Waals surface area contributed by atoms with E-state index < -0.39 is 0 Å². The molecule has 21 heavy (non-hydrogen) atoms. The predicted molar refractivity (Wildman–Crippen MR) is 85.9 cm³/mol. The number of halogens is 1. The molecule has 2 aromatic carbocycles. The van der Waals surface area contributed by atoms with E-state index in [1.807, 2.05) is 36.4 Å². The molecule has 112 valence electrons. The molecule has 0 aliphatic heterocycles. The summed E-state index contributed by atoms with van der Waals surface area (Å²) >= 11 is 3.50. The van der Waals surface area contributed by atoms with E-state index in [2.05, 4.69) is 15.9 Å². The fourth-order valence-electron chi connectivity index (χ4n) is 2.00. The number of nitrogens with two attached hydrogens (primary N) is 1. The summed E-state index contributed by atoms with van der Waals surface area (Å²) in [4.78, 5) is 0.